The number of ether oxygens (including phenoxy) is 1. The lowest BCUT2D eigenvalue weighted by molar-refractivity contribution is 0.0684. The summed E-state index contributed by atoms with van der Waals surface area (Å²) in [6, 6.07) is 12.9. The summed E-state index contributed by atoms with van der Waals surface area (Å²) in [6.07, 6.45) is 0.651. The highest BCUT2D eigenvalue weighted by molar-refractivity contribution is 9.10. The van der Waals surface area contributed by atoms with E-state index in [1.807, 2.05) is 30.3 Å². The maximum atomic E-state index is 12.5. The molecule has 2 aromatic heterocycles. The standard InChI is InChI=1S/C18H15BrN2O4/c19-16-7-6-14(24-16)18(22)21-9-8-13-15(10-21)25-17(20-13)11-23-12-4-2-1-3-5-12/h1-7H,8-11H2. The summed E-state index contributed by atoms with van der Waals surface area (Å²) in [5, 5.41) is 0. The second kappa shape index (κ2) is 6.76. The first-order chi connectivity index (χ1) is 12.2. The van der Waals surface area contributed by atoms with Crippen molar-refractivity contribution in [2.45, 2.75) is 19.6 Å². The number of hydrogen-bond donors (Lipinski definition) is 0. The highest BCUT2D eigenvalue weighted by atomic mass is 79.9. The van der Waals surface area contributed by atoms with Crippen molar-refractivity contribution in [1.82, 2.24) is 9.88 Å². The topological polar surface area (TPSA) is 68.7 Å². The smallest absolute Gasteiger partial charge is 0.290 e. The quantitative estimate of drug-likeness (QED) is 0.663. The summed E-state index contributed by atoms with van der Waals surface area (Å²) >= 11 is 3.21. The van der Waals surface area contributed by atoms with Crippen LogP contribution in [0.5, 0.6) is 5.75 Å². The van der Waals surface area contributed by atoms with Crippen LogP contribution >= 0.6 is 15.9 Å². The van der Waals surface area contributed by atoms with Gasteiger partial charge < -0.3 is 18.5 Å². The van der Waals surface area contributed by atoms with Crippen molar-refractivity contribution in [2.75, 3.05) is 6.54 Å². The van der Waals surface area contributed by atoms with Crippen LogP contribution < -0.4 is 4.74 Å². The van der Waals surface area contributed by atoms with Crippen molar-refractivity contribution in [3.8, 4) is 5.75 Å². The van der Waals surface area contributed by atoms with Crippen LogP contribution in [0.3, 0.4) is 0 Å². The zero-order valence-corrected chi connectivity index (χ0v) is 14.9. The zero-order chi connectivity index (χ0) is 17.2. The molecule has 7 heteroatoms. The Morgan fingerprint density at radius 1 is 1.20 bits per heavy atom. The minimum Gasteiger partial charge on any atom is -0.484 e. The van der Waals surface area contributed by atoms with Crippen molar-refractivity contribution in [3.63, 3.8) is 0 Å². The number of halogens is 1. The molecule has 1 aromatic carbocycles. The van der Waals surface area contributed by atoms with Gasteiger partial charge in [-0.15, -0.1) is 0 Å². The molecule has 1 amide bonds. The molecule has 0 unspecified atom stereocenters. The maximum Gasteiger partial charge on any atom is 0.290 e. The number of rotatable bonds is 4. The average molecular weight is 403 g/mol. The first kappa shape index (κ1) is 16.0. The summed E-state index contributed by atoms with van der Waals surface area (Å²) in [5.74, 6) is 2.14. The van der Waals surface area contributed by atoms with Crippen LogP contribution in [0.1, 0.15) is 27.9 Å². The number of carbonyl (C=O) groups excluding carboxylic acids is 1. The fourth-order valence-electron chi connectivity index (χ4n) is 2.73. The zero-order valence-electron chi connectivity index (χ0n) is 13.3. The number of para-hydroxylation sites is 1. The molecule has 0 spiro atoms. The minimum absolute atomic E-state index is 0.158. The molecule has 25 heavy (non-hydrogen) atoms. The van der Waals surface area contributed by atoms with E-state index in [4.69, 9.17) is 13.6 Å². The molecule has 4 rings (SSSR count). The van der Waals surface area contributed by atoms with E-state index in [1.165, 1.54) is 0 Å². The number of fused-ring (bicyclic) bond motifs is 1. The Bertz CT molecular complexity index is 888. The predicted molar refractivity (Wildman–Crippen MR) is 92.1 cm³/mol. The molecular weight excluding hydrogens is 388 g/mol. The van der Waals surface area contributed by atoms with Gasteiger partial charge >= 0.3 is 0 Å². The van der Waals surface area contributed by atoms with E-state index in [0.717, 1.165) is 11.4 Å². The van der Waals surface area contributed by atoms with Gasteiger partial charge in [0.25, 0.3) is 5.91 Å². The van der Waals surface area contributed by atoms with Crippen molar-refractivity contribution in [3.05, 3.63) is 70.2 Å². The molecule has 0 fully saturated rings. The lowest BCUT2D eigenvalue weighted by Gasteiger charge is -2.24. The minimum atomic E-state index is -0.158. The number of hydrogen-bond acceptors (Lipinski definition) is 5. The number of amides is 1. The van der Waals surface area contributed by atoms with E-state index in [-0.39, 0.29) is 12.5 Å². The molecule has 0 bridgehead atoms. The van der Waals surface area contributed by atoms with Gasteiger partial charge in [-0.2, -0.15) is 0 Å². The number of oxazole rings is 1. The molecule has 0 aliphatic carbocycles. The van der Waals surface area contributed by atoms with Gasteiger partial charge in [0.2, 0.25) is 5.89 Å². The Hall–Kier alpha value is -2.54. The Morgan fingerprint density at radius 2 is 2.04 bits per heavy atom. The van der Waals surface area contributed by atoms with E-state index in [1.54, 1.807) is 17.0 Å². The van der Waals surface area contributed by atoms with Gasteiger partial charge in [0, 0.05) is 13.0 Å². The summed E-state index contributed by atoms with van der Waals surface area (Å²) in [7, 11) is 0. The average Bonchev–Trinajstić information content (AvgIpc) is 3.25. The monoisotopic (exact) mass is 402 g/mol. The lowest BCUT2D eigenvalue weighted by Crippen LogP contribution is -2.35. The highest BCUT2D eigenvalue weighted by Gasteiger charge is 2.27. The third kappa shape index (κ3) is 3.46. The van der Waals surface area contributed by atoms with Gasteiger partial charge in [-0.3, -0.25) is 4.79 Å². The second-order valence-electron chi connectivity index (χ2n) is 5.66. The number of nitrogens with zero attached hydrogens (tertiary/aromatic N) is 2. The number of aromatic nitrogens is 1. The van der Waals surface area contributed by atoms with Gasteiger partial charge in [0.05, 0.1) is 12.2 Å². The lowest BCUT2D eigenvalue weighted by atomic mass is 10.1. The Balaban J connectivity index is 1.43. The molecule has 3 heterocycles. The second-order valence-corrected chi connectivity index (χ2v) is 6.44. The predicted octanol–water partition coefficient (Wildman–Crippen LogP) is 3.81. The molecule has 6 nitrogen and oxygen atoms in total. The van der Waals surface area contributed by atoms with Crippen molar-refractivity contribution >= 4 is 21.8 Å². The summed E-state index contributed by atoms with van der Waals surface area (Å²) in [5.41, 5.74) is 0.885. The molecule has 0 saturated heterocycles. The first-order valence-corrected chi connectivity index (χ1v) is 8.68. The molecule has 1 aliphatic rings. The summed E-state index contributed by atoms with van der Waals surface area (Å²) in [6.45, 7) is 1.22. The van der Waals surface area contributed by atoms with Crippen LogP contribution in [-0.2, 0) is 19.6 Å². The fourth-order valence-corrected chi connectivity index (χ4v) is 3.04. The van der Waals surface area contributed by atoms with Gasteiger partial charge in [-0.1, -0.05) is 18.2 Å². The molecule has 0 N–H and O–H groups in total. The van der Waals surface area contributed by atoms with Crippen molar-refractivity contribution in [2.24, 2.45) is 0 Å². The van der Waals surface area contributed by atoms with Crippen LogP contribution in [0.15, 0.2) is 56.0 Å². The molecule has 128 valence electrons. The van der Waals surface area contributed by atoms with E-state index in [9.17, 15) is 4.79 Å². The van der Waals surface area contributed by atoms with Crippen LogP contribution in [0.4, 0.5) is 0 Å². The van der Waals surface area contributed by atoms with Crippen LogP contribution in [0.25, 0.3) is 0 Å². The maximum absolute atomic E-state index is 12.5. The Kier molecular flexibility index (Phi) is 4.31. The summed E-state index contributed by atoms with van der Waals surface area (Å²) in [4.78, 5) is 18.6. The van der Waals surface area contributed by atoms with Crippen molar-refractivity contribution in [1.29, 1.82) is 0 Å². The summed E-state index contributed by atoms with van der Waals surface area (Å²) < 4.78 is 17.3. The normalized spacial score (nSPS) is 13.6. The third-order valence-electron chi connectivity index (χ3n) is 3.95. The Morgan fingerprint density at radius 3 is 2.80 bits per heavy atom. The number of benzene rings is 1. The van der Waals surface area contributed by atoms with Gasteiger partial charge in [0.15, 0.2) is 17.0 Å². The number of furan rings is 1. The molecular formula is C18H15BrN2O4. The first-order valence-electron chi connectivity index (χ1n) is 7.89. The largest absolute Gasteiger partial charge is 0.484 e. The highest BCUT2D eigenvalue weighted by Crippen LogP contribution is 2.23. The van der Waals surface area contributed by atoms with Crippen LogP contribution in [0, 0.1) is 0 Å². The van der Waals surface area contributed by atoms with Gasteiger partial charge in [0.1, 0.15) is 11.5 Å². The van der Waals surface area contributed by atoms with Gasteiger partial charge in [-0.05, 0) is 40.2 Å². The fraction of sp³-hybridized carbons (Fsp3) is 0.222. The molecule has 3 aromatic rings. The van der Waals surface area contributed by atoms with Gasteiger partial charge in [-0.25, -0.2) is 4.98 Å². The molecule has 0 saturated carbocycles. The van der Waals surface area contributed by atoms with E-state index >= 15 is 0 Å². The molecule has 0 radical (unpaired) electrons. The van der Waals surface area contributed by atoms with E-state index in [2.05, 4.69) is 20.9 Å². The third-order valence-corrected chi connectivity index (χ3v) is 4.38. The molecule has 0 atom stereocenters. The van der Waals surface area contributed by atoms with Crippen LogP contribution in [0.2, 0.25) is 0 Å². The number of carbonyl (C=O) groups is 1. The Labute approximate surface area is 152 Å². The SMILES string of the molecule is O=C(c1ccc(Br)o1)N1CCc2nc(COc3ccccc3)oc2C1. The van der Waals surface area contributed by atoms with E-state index in [0.29, 0.717) is 41.6 Å². The van der Waals surface area contributed by atoms with Crippen LogP contribution in [-0.4, -0.2) is 22.3 Å². The van der Waals surface area contributed by atoms with Crippen molar-refractivity contribution < 1.29 is 18.4 Å². The van der Waals surface area contributed by atoms with E-state index < -0.39 is 0 Å². The molecule has 1 aliphatic heterocycles.